The molecule has 1 saturated carbocycles. The van der Waals surface area contributed by atoms with E-state index in [1.807, 2.05) is 6.07 Å². The quantitative estimate of drug-likeness (QED) is 0.892. The van der Waals surface area contributed by atoms with E-state index >= 15 is 0 Å². The van der Waals surface area contributed by atoms with Gasteiger partial charge in [-0.2, -0.15) is 0 Å². The molecule has 0 amide bonds. The van der Waals surface area contributed by atoms with Gasteiger partial charge in [0.05, 0.1) is 30.5 Å². The Labute approximate surface area is 113 Å². The van der Waals surface area contributed by atoms with Gasteiger partial charge < -0.3 is 14.7 Å². The number of fused-ring (bicyclic) bond motifs is 1. The van der Waals surface area contributed by atoms with E-state index in [2.05, 4.69) is 4.90 Å². The molecule has 1 heterocycles. The first-order valence-electron chi connectivity index (χ1n) is 7.03. The van der Waals surface area contributed by atoms with Gasteiger partial charge in [-0.1, -0.05) is 12.1 Å². The van der Waals surface area contributed by atoms with Crippen molar-refractivity contribution in [3.05, 3.63) is 29.6 Å². The highest BCUT2D eigenvalue weighted by atomic mass is 19.1. The first-order valence-corrected chi connectivity index (χ1v) is 7.03. The third kappa shape index (κ3) is 2.23. The first-order chi connectivity index (χ1) is 9.18. The highest BCUT2D eigenvalue weighted by molar-refractivity contribution is 5.57. The minimum atomic E-state index is -0.659. The second-order valence-electron chi connectivity index (χ2n) is 5.45. The minimum absolute atomic E-state index is 0.218. The number of hydrogen-bond donors (Lipinski definition) is 1. The normalized spacial score (nSPS) is 28.3. The molecule has 1 N–H and O–H groups in total. The van der Waals surface area contributed by atoms with Crippen LogP contribution in [0.15, 0.2) is 18.2 Å². The zero-order valence-electron chi connectivity index (χ0n) is 11.2. The van der Waals surface area contributed by atoms with Crippen LogP contribution in [0, 0.1) is 5.82 Å². The number of benzene rings is 1. The van der Waals surface area contributed by atoms with E-state index in [0.717, 1.165) is 19.3 Å². The number of ether oxygens (including phenoxy) is 1. The van der Waals surface area contributed by atoms with E-state index in [1.165, 1.54) is 6.07 Å². The van der Waals surface area contributed by atoms with Crippen molar-refractivity contribution in [1.29, 1.82) is 0 Å². The largest absolute Gasteiger partial charge is 0.389 e. The Bertz CT molecular complexity index is 463. The summed E-state index contributed by atoms with van der Waals surface area (Å²) in [7, 11) is 0. The third-order valence-electron chi connectivity index (χ3n) is 4.24. The number of halogens is 1. The van der Waals surface area contributed by atoms with Crippen molar-refractivity contribution in [2.45, 2.75) is 44.4 Å². The van der Waals surface area contributed by atoms with E-state index in [0.29, 0.717) is 24.4 Å². The molecule has 1 aliphatic carbocycles. The minimum Gasteiger partial charge on any atom is -0.389 e. The fourth-order valence-electron chi connectivity index (χ4n) is 3.38. The second kappa shape index (κ2) is 5.10. The predicted molar refractivity (Wildman–Crippen MR) is 71.8 cm³/mol. The molecule has 2 aliphatic rings. The summed E-state index contributed by atoms with van der Waals surface area (Å²) in [5, 5.41) is 9.88. The molecule has 4 heteroatoms. The van der Waals surface area contributed by atoms with Crippen LogP contribution in [0.5, 0.6) is 0 Å². The summed E-state index contributed by atoms with van der Waals surface area (Å²) in [4.78, 5) is 2.11. The predicted octanol–water partition coefficient (Wildman–Crippen LogP) is 2.64. The van der Waals surface area contributed by atoms with E-state index < -0.39 is 6.10 Å². The average Bonchev–Trinajstić information content (AvgIpc) is 2.86. The van der Waals surface area contributed by atoms with Crippen molar-refractivity contribution in [2.24, 2.45) is 0 Å². The molecule has 1 aromatic carbocycles. The summed E-state index contributed by atoms with van der Waals surface area (Å²) in [6.07, 6.45) is 2.78. The Balaban J connectivity index is 2.00. The maximum Gasteiger partial charge on any atom is 0.146 e. The van der Waals surface area contributed by atoms with Gasteiger partial charge in [0.25, 0.3) is 0 Å². The van der Waals surface area contributed by atoms with Crippen LogP contribution in [0.1, 0.15) is 37.9 Å². The highest BCUT2D eigenvalue weighted by Crippen LogP contribution is 2.37. The van der Waals surface area contributed by atoms with Crippen LogP contribution in [0.3, 0.4) is 0 Å². The van der Waals surface area contributed by atoms with Crippen LogP contribution in [-0.2, 0) is 4.74 Å². The van der Waals surface area contributed by atoms with E-state index in [-0.39, 0.29) is 18.0 Å². The summed E-state index contributed by atoms with van der Waals surface area (Å²) in [6, 6.07) is 5.19. The number of morpholine rings is 1. The number of aliphatic hydroxyl groups excluding tert-OH is 1. The Morgan fingerprint density at radius 3 is 3.05 bits per heavy atom. The van der Waals surface area contributed by atoms with Crippen LogP contribution in [0.25, 0.3) is 0 Å². The van der Waals surface area contributed by atoms with Gasteiger partial charge in [-0.25, -0.2) is 4.39 Å². The van der Waals surface area contributed by atoms with Crippen molar-refractivity contribution >= 4 is 5.69 Å². The summed E-state index contributed by atoms with van der Waals surface area (Å²) in [5.74, 6) is -0.244. The van der Waals surface area contributed by atoms with Crippen LogP contribution in [-0.4, -0.2) is 30.4 Å². The molecule has 1 aliphatic heterocycles. The van der Waals surface area contributed by atoms with E-state index in [4.69, 9.17) is 4.74 Å². The Kier molecular flexibility index (Phi) is 3.46. The molecule has 2 fully saturated rings. The topological polar surface area (TPSA) is 32.7 Å². The maximum absolute atomic E-state index is 14.3. The summed E-state index contributed by atoms with van der Waals surface area (Å²) in [6.45, 7) is 3.02. The first kappa shape index (κ1) is 12.9. The van der Waals surface area contributed by atoms with Crippen molar-refractivity contribution in [3.63, 3.8) is 0 Å². The lowest BCUT2D eigenvalue weighted by Crippen LogP contribution is -2.49. The van der Waals surface area contributed by atoms with Gasteiger partial charge in [-0.05, 0) is 32.3 Å². The molecule has 104 valence electrons. The number of aliphatic hydroxyl groups is 1. The van der Waals surface area contributed by atoms with Crippen LogP contribution in [0.4, 0.5) is 10.1 Å². The molecule has 1 saturated heterocycles. The molecule has 3 unspecified atom stereocenters. The van der Waals surface area contributed by atoms with Crippen LogP contribution in [0.2, 0.25) is 0 Å². The SMILES string of the molecule is CC(O)c1cccc(F)c1N1CCOC2CCCC21. The second-order valence-corrected chi connectivity index (χ2v) is 5.45. The molecule has 0 aromatic heterocycles. The monoisotopic (exact) mass is 265 g/mol. The number of hydrogen-bond acceptors (Lipinski definition) is 3. The van der Waals surface area contributed by atoms with Crippen molar-refractivity contribution in [2.75, 3.05) is 18.1 Å². The molecule has 0 radical (unpaired) electrons. The van der Waals surface area contributed by atoms with Gasteiger partial charge in [-0.3, -0.25) is 0 Å². The van der Waals surface area contributed by atoms with Gasteiger partial charge in [0, 0.05) is 12.1 Å². The van der Waals surface area contributed by atoms with Gasteiger partial charge >= 0.3 is 0 Å². The zero-order chi connectivity index (χ0) is 13.4. The zero-order valence-corrected chi connectivity index (χ0v) is 11.2. The summed E-state index contributed by atoms with van der Waals surface area (Å²) < 4.78 is 20.0. The summed E-state index contributed by atoms with van der Waals surface area (Å²) >= 11 is 0. The highest BCUT2D eigenvalue weighted by Gasteiger charge is 2.38. The maximum atomic E-state index is 14.3. The fourth-order valence-corrected chi connectivity index (χ4v) is 3.38. The van der Waals surface area contributed by atoms with E-state index in [1.54, 1.807) is 13.0 Å². The molecule has 1 aromatic rings. The Morgan fingerprint density at radius 2 is 2.26 bits per heavy atom. The molecule has 3 nitrogen and oxygen atoms in total. The van der Waals surface area contributed by atoms with Crippen molar-refractivity contribution < 1.29 is 14.2 Å². The molecular weight excluding hydrogens is 245 g/mol. The number of para-hydroxylation sites is 1. The standard InChI is InChI=1S/C15H20FNO2/c1-10(18)11-4-2-5-12(16)15(11)17-8-9-19-14-7-3-6-13(14)17/h2,4-5,10,13-14,18H,3,6-9H2,1H3. The molecular formula is C15H20FNO2. The van der Waals surface area contributed by atoms with Gasteiger partial charge in [0.15, 0.2) is 0 Å². The van der Waals surface area contributed by atoms with Gasteiger partial charge in [0.2, 0.25) is 0 Å². The Morgan fingerprint density at radius 1 is 1.42 bits per heavy atom. The van der Waals surface area contributed by atoms with Crippen molar-refractivity contribution in [1.82, 2.24) is 0 Å². The van der Waals surface area contributed by atoms with Crippen LogP contribution >= 0.6 is 0 Å². The molecule has 0 bridgehead atoms. The molecule has 19 heavy (non-hydrogen) atoms. The lowest BCUT2D eigenvalue weighted by atomic mass is 10.0. The lowest BCUT2D eigenvalue weighted by molar-refractivity contribution is 0.0251. The number of anilines is 1. The number of rotatable bonds is 2. The van der Waals surface area contributed by atoms with Crippen LogP contribution < -0.4 is 4.90 Å². The third-order valence-corrected chi connectivity index (χ3v) is 4.24. The average molecular weight is 265 g/mol. The molecule has 3 atom stereocenters. The molecule has 3 rings (SSSR count). The van der Waals surface area contributed by atoms with Gasteiger partial charge in [-0.15, -0.1) is 0 Å². The summed E-state index contributed by atoms with van der Waals surface area (Å²) in [5.41, 5.74) is 1.24. The van der Waals surface area contributed by atoms with E-state index in [9.17, 15) is 9.50 Å². The lowest BCUT2D eigenvalue weighted by Gasteiger charge is -2.40. The van der Waals surface area contributed by atoms with Crippen molar-refractivity contribution in [3.8, 4) is 0 Å². The smallest absolute Gasteiger partial charge is 0.146 e. The fraction of sp³-hybridized carbons (Fsp3) is 0.600. The molecule has 0 spiro atoms. The number of nitrogens with zero attached hydrogens (tertiary/aromatic N) is 1. The van der Waals surface area contributed by atoms with Gasteiger partial charge in [0.1, 0.15) is 5.82 Å². The Hall–Kier alpha value is -1.13.